The monoisotopic (exact) mass is 368 g/mol. The summed E-state index contributed by atoms with van der Waals surface area (Å²) in [5.41, 5.74) is 0. The molecule has 10 nitrogen and oxygen atoms in total. The van der Waals surface area contributed by atoms with E-state index in [-0.39, 0.29) is 105 Å². The van der Waals surface area contributed by atoms with Gasteiger partial charge in [-0.1, -0.05) is 13.8 Å². The summed E-state index contributed by atoms with van der Waals surface area (Å²) in [5.74, 6) is 4.68. The van der Waals surface area contributed by atoms with Crippen LogP contribution in [-0.4, -0.2) is 34.1 Å². The van der Waals surface area contributed by atoms with Gasteiger partial charge in [-0.05, 0) is 12.8 Å². The Morgan fingerprint density at radius 3 is 1.04 bits per heavy atom. The molecule has 0 aromatic rings. The van der Waals surface area contributed by atoms with Crippen LogP contribution < -0.4 is 100 Å². The Morgan fingerprint density at radius 1 is 0.783 bits per heavy atom. The molecule has 0 spiro atoms. The summed E-state index contributed by atoms with van der Waals surface area (Å²) >= 11 is 0. The molecule has 0 atom stereocenters. The standard InChI is InChI=1S/2C4H9NO2.C2H2O4.3Na.3H/c2*1-2-3-4(6)7-5;3-1(4)2(5)6;;;;;;/h2*2-3,5H2,1H3;(H,3,4)(H,5,6);;;;;;/q;;;3*+1;3*-1. The zero-order chi connectivity index (χ0) is 16.6. The Labute approximate surface area is 205 Å². The predicted octanol–water partition coefficient (Wildman–Crippen LogP) is -9.09. The van der Waals surface area contributed by atoms with Crippen LogP contribution in [0.1, 0.15) is 43.8 Å². The molecule has 124 valence electrons. The molecule has 0 aromatic heterocycles. The number of nitrogens with two attached hydrogens (primary N) is 2. The van der Waals surface area contributed by atoms with Crippen LogP contribution in [0.2, 0.25) is 0 Å². The largest absolute Gasteiger partial charge is 1.00 e. The molecule has 6 N–H and O–H groups in total. The Morgan fingerprint density at radius 2 is 1.00 bits per heavy atom. The number of hydrogen-bond acceptors (Lipinski definition) is 8. The average molecular weight is 368 g/mol. The van der Waals surface area contributed by atoms with Crippen molar-refractivity contribution >= 4 is 23.9 Å². The van der Waals surface area contributed by atoms with Crippen molar-refractivity contribution in [2.45, 2.75) is 39.5 Å². The molecule has 0 aliphatic heterocycles. The van der Waals surface area contributed by atoms with E-state index in [1.165, 1.54) is 0 Å². The van der Waals surface area contributed by atoms with Crippen LogP contribution in [0.25, 0.3) is 0 Å². The molecule has 0 bridgehead atoms. The van der Waals surface area contributed by atoms with Gasteiger partial charge < -0.3 is 24.2 Å². The van der Waals surface area contributed by atoms with Gasteiger partial charge in [0.15, 0.2) is 0 Å². The maximum absolute atomic E-state index is 10.1. The summed E-state index contributed by atoms with van der Waals surface area (Å²) in [6, 6.07) is 0. The number of rotatable bonds is 4. The van der Waals surface area contributed by atoms with Crippen molar-refractivity contribution in [2.75, 3.05) is 0 Å². The normalized spacial score (nSPS) is 6.96. The summed E-state index contributed by atoms with van der Waals surface area (Å²) in [7, 11) is 0. The second kappa shape index (κ2) is 30.7. The van der Waals surface area contributed by atoms with Crippen LogP contribution in [0, 0.1) is 0 Å². The molecule has 13 heteroatoms. The molecular weight excluding hydrogens is 345 g/mol. The van der Waals surface area contributed by atoms with Crippen LogP contribution in [-0.2, 0) is 28.9 Å². The van der Waals surface area contributed by atoms with Gasteiger partial charge in [0.25, 0.3) is 0 Å². The molecule has 0 aromatic carbocycles. The molecule has 0 aliphatic carbocycles. The van der Waals surface area contributed by atoms with E-state index in [4.69, 9.17) is 19.8 Å². The molecule has 0 amide bonds. The fourth-order valence-electron chi connectivity index (χ4n) is 0.526. The predicted molar refractivity (Wildman–Crippen MR) is 69.0 cm³/mol. The Balaban J connectivity index is -0.0000000214. The van der Waals surface area contributed by atoms with E-state index >= 15 is 0 Å². The van der Waals surface area contributed by atoms with Crippen LogP contribution in [0.4, 0.5) is 0 Å². The summed E-state index contributed by atoms with van der Waals surface area (Å²) in [6.45, 7) is 3.77. The third kappa shape index (κ3) is 45.0. The third-order valence-electron chi connectivity index (χ3n) is 1.35. The summed E-state index contributed by atoms with van der Waals surface area (Å²) < 4.78 is 0. The maximum atomic E-state index is 10.1. The van der Waals surface area contributed by atoms with E-state index in [0.29, 0.717) is 12.8 Å². The fourth-order valence-corrected chi connectivity index (χ4v) is 0.526. The van der Waals surface area contributed by atoms with Gasteiger partial charge in [-0.15, -0.1) is 0 Å². The van der Waals surface area contributed by atoms with Crippen LogP contribution in [0.3, 0.4) is 0 Å². The maximum Gasteiger partial charge on any atom is 1.00 e. The van der Waals surface area contributed by atoms with Gasteiger partial charge in [-0.3, -0.25) is 9.59 Å². The van der Waals surface area contributed by atoms with Crippen LogP contribution in [0.15, 0.2) is 0 Å². The molecule has 0 fully saturated rings. The number of carbonyl (C=O) groups excluding carboxylic acids is 2. The number of carboxylic acid groups (broad SMARTS) is 2. The number of aliphatic carboxylic acids is 2. The van der Waals surface area contributed by atoms with E-state index in [9.17, 15) is 9.59 Å². The summed E-state index contributed by atoms with van der Waals surface area (Å²) in [5, 5.41) is 14.8. The molecule has 0 radical (unpaired) electrons. The first-order chi connectivity index (χ1) is 9.26. The van der Waals surface area contributed by atoms with Gasteiger partial charge in [-0.2, -0.15) is 11.8 Å². The van der Waals surface area contributed by atoms with Gasteiger partial charge in [0.2, 0.25) is 0 Å². The molecule has 0 rings (SSSR count). The SMILES string of the molecule is CCCC(=O)ON.CCCC(=O)ON.O=C(O)C(=O)O.[H-].[H-].[H-].[Na+].[Na+].[Na+]. The van der Waals surface area contributed by atoms with Gasteiger partial charge >= 0.3 is 113 Å². The first-order valence-electron chi connectivity index (χ1n) is 5.51. The molecule has 0 unspecified atom stereocenters. The zero-order valence-electron chi connectivity index (χ0n) is 17.3. The number of hydrogen-bond donors (Lipinski definition) is 4. The quantitative estimate of drug-likeness (QED) is 0.211. The van der Waals surface area contributed by atoms with Crippen molar-refractivity contribution in [1.29, 1.82) is 0 Å². The minimum atomic E-state index is -1.82. The van der Waals surface area contributed by atoms with Crippen molar-refractivity contribution in [2.24, 2.45) is 11.8 Å². The summed E-state index contributed by atoms with van der Waals surface area (Å²) in [6.07, 6.45) is 2.40. The average Bonchev–Trinajstić information content (AvgIpc) is 2.40. The van der Waals surface area contributed by atoms with Gasteiger partial charge in [0, 0.05) is 12.8 Å². The van der Waals surface area contributed by atoms with Crippen molar-refractivity contribution in [3.63, 3.8) is 0 Å². The van der Waals surface area contributed by atoms with E-state index < -0.39 is 11.9 Å². The Bertz CT molecular complexity index is 302. The van der Waals surface area contributed by atoms with E-state index in [0.717, 1.165) is 12.8 Å². The van der Waals surface area contributed by atoms with Crippen LogP contribution >= 0.6 is 0 Å². The van der Waals surface area contributed by atoms with Gasteiger partial charge in [0.1, 0.15) is 0 Å². The second-order valence-corrected chi connectivity index (χ2v) is 3.09. The number of carbonyl (C=O) groups is 4. The van der Waals surface area contributed by atoms with E-state index in [2.05, 4.69) is 21.5 Å². The van der Waals surface area contributed by atoms with Gasteiger partial charge in [0.05, 0.1) is 0 Å². The molecular formula is C10H23N2Na3O8. The minimum absolute atomic E-state index is 0. The second-order valence-electron chi connectivity index (χ2n) is 3.09. The van der Waals surface area contributed by atoms with Crippen molar-refractivity contribution in [1.82, 2.24) is 0 Å². The van der Waals surface area contributed by atoms with Crippen molar-refractivity contribution < 1.29 is 132 Å². The van der Waals surface area contributed by atoms with E-state index in [1.54, 1.807) is 0 Å². The Hall–Kier alpha value is 0.800. The molecule has 0 saturated carbocycles. The molecule has 0 heterocycles. The number of carboxylic acids is 2. The zero-order valence-corrected chi connectivity index (χ0v) is 20.3. The smallest absolute Gasteiger partial charge is 1.00 e. The van der Waals surface area contributed by atoms with Crippen molar-refractivity contribution in [3.8, 4) is 0 Å². The third-order valence-corrected chi connectivity index (χ3v) is 1.35. The Kier molecular flexibility index (Phi) is 52.0. The summed E-state index contributed by atoms with van der Waals surface area (Å²) in [4.78, 5) is 46.0. The van der Waals surface area contributed by atoms with Crippen molar-refractivity contribution in [3.05, 3.63) is 0 Å². The topological polar surface area (TPSA) is 179 Å². The molecule has 23 heavy (non-hydrogen) atoms. The first kappa shape index (κ1) is 39.0. The first-order valence-corrected chi connectivity index (χ1v) is 5.51. The molecule has 0 aliphatic rings. The van der Waals surface area contributed by atoms with Crippen LogP contribution in [0.5, 0.6) is 0 Å². The van der Waals surface area contributed by atoms with Gasteiger partial charge in [-0.25, -0.2) is 9.59 Å². The fraction of sp³-hybridized carbons (Fsp3) is 0.600. The minimum Gasteiger partial charge on any atom is -1.00 e. The molecule has 0 saturated heterocycles. The van der Waals surface area contributed by atoms with E-state index in [1.807, 2.05) is 13.8 Å².